The number of anilines is 3. The molecule has 0 fully saturated rings. The van der Waals surface area contributed by atoms with Crippen LogP contribution < -0.4 is 4.90 Å². The molecule has 0 aliphatic rings. The number of rotatable bonds is 6. The average Bonchev–Trinajstić information content (AvgIpc) is 3.55. The van der Waals surface area contributed by atoms with Gasteiger partial charge in [0.2, 0.25) is 0 Å². The molecule has 0 saturated carbocycles. The van der Waals surface area contributed by atoms with E-state index < -0.39 is 0 Å². The van der Waals surface area contributed by atoms with E-state index in [4.69, 9.17) is 0 Å². The van der Waals surface area contributed by atoms with Crippen LogP contribution in [0, 0.1) is 0 Å². The van der Waals surface area contributed by atoms with E-state index in [0.717, 1.165) is 17.1 Å². The van der Waals surface area contributed by atoms with E-state index >= 15 is 0 Å². The van der Waals surface area contributed by atoms with Gasteiger partial charge in [-0.1, -0.05) is 60.7 Å². The monoisotopic (exact) mass is 677 g/mol. The van der Waals surface area contributed by atoms with Gasteiger partial charge in [0.25, 0.3) is 0 Å². The Bertz CT molecular complexity index is 2550. The number of fused-ring (bicyclic) bond motifs is 5. The molecule has 9 rings (SSSR count). The molecule has 0 amide bonds. The van der Waals surface area contributed by atoms with Gasteiger partial charge in [-0.05, 0) is 35.4 Å². The van der Waals surface area contributed by atoms with E-state index in [0.29, 0.717) is 14.5 Å². The van der Waals surface area contributed by atoms with Gasteiger partial charge in [0, 0.05) is 0 Å². The van der Waals surface area contributed by atoms with E-state index in [2.05, 4.69) is 193 Å². The van der Waals surface area contributed by atoms with Crippen molar-refractivity contribution in [2.75, 3.05) is 4.90 Å². The second kappa shape index (κ2) is 12.2. The topological polar surface area (TPSA) is 3.24 Å². The first kappa shape index (κ1) is 28.6. The molecule has 1 nitrogen and oxygen atoms in total. The normalized spacial score (nSPS) is 11.3. The zero-order valence-electron chi connectivity index (χ0n) is 26.3. The van der Waals surface area contributed by atoms with Crippen LogP contribution in [-0.4, -0.2) is 14.5 Å². The number of hydrogen-bond donors (Lipinski definition) is 0. The third kappa shape index (κ3) is 5.22. The Hall–Kier alpha value is -5.66. The number of para-hydroxylation sites is 1. The largest absolute Gasteiger partial charge is 0.0617 e. The Morgan fingerprint density at radius 1 is 0.312 bits per heavy atom. The van der Waals surface area contributed by atoms with Crippen molar-refractivity contribution in [3.8, 4) is 33.4 Å². The predicted octanol–water partition coefficient (Wildman–Crippen LogP) is 12.7. The Morgan fingerprint density at radius 2 is 0.854 bits per heavy atom. The Morgan fingerprint density at radius 3 is 1.65 bits per heavy atom. The molecule has 0 atom stereocenters. The molecule has 0 saturated heterocycles. The van der Waals surface area contributed by atoms with Crippen molar-refractivity contribution in [1.82, 2.24) is 0 Å². The van der Waals surface area contributed by atoms with Crippen LogP contribution in [0.3, 0.4) is 0 Å². The summed E-state index contributed by atoms with van der Waals surface area (Å²) in [4.78, 5) is 2.34. The van der Waals surface area contributed by atoms with Crippen LogP contribution in [0.5, 0.6) is 0 Å². The summed E-state index contributed by atoms with van der Waals surface area (Å²) in [7, 11) is 0. The molecule has 0 bridgehead atoms. The van der Waals surface area contributed by atoms with Gasteiger partial charge in [0.15, 0.2) is 0 Å². The Balaban J connectivity index is 1.10. The summed E-state index contributed by atoms with van der Waals surface area (Å²) in [6, 6.07) is 68.4. The molecule has 1 aromatic heterocycles. The SMILES string of the molecule is c1ccc(-c2ccc(N(c3ccccc3)c3cccc(-c4cccc(-c5ccc6ccc7c8ccccc8[se]c7c6c5)c4)c3)cc2)cc1. The second-order valence-corrected chi connectivity index (χ2v) is 14.4. The van der Waals surface area contributed by atoms with Gasteiger partial charge < -0.3 is 0 Å². The summed E-state index contributed by atoms with van der Waals surface area (Å²) in [6.45, 7) is 0. The maximum absolute atomic E-state index is 2.41. The summed E-state index contributed by atoms with van der Waals surface area (Å²) in [6.07, 6.45) is 0. The molecular formula is C46H31NSe. The van der Waals surface area contributed by atoms with Gasteiger partial charge in [0.05, 0.1) is 0 Å². The first-order valence-corrected chi connectivity index (χ1v) is 18.1. The van der Waals surface area contributed by atoms with Crippen LogP contribution in [0.25, 0.3) is 63.4 Å². The first-order valence-electron chi connectivity index (χ1n) is 16.3. The van der Waals surface area contributed by atoms with Crippen molar-refractivity contribution in [1.29, 1.82) is 0 Å². The van der Waals surface area contributed by atoms with Crippen LogP contribution in [0.4, 0.5) is 17.1 Å². The molecule has 226 valence electrons. The summed E-state index contributed by atoms with van der Waals surface area (Å²) in [5.41, 5.74) is 10.7. The van der Waals surface area contributed by atoms with Gasteiger partial charge in [-0.2, -0.15) is 0 Å². The number of nitrogens with zero attached hydrogens (tertiary/aromatic N) is 1. The van der Waals surface area contributed by atoms with Crippen LogP contribution in [0.2, 0.25) is 0 Å². The Kier molecular flexibility index (Phi) is 7.24. The van der Waals surface area contributed by atoms with Gasteiger partial charge in [-0.25, -0.2) is 0 Å². The zero-order chi connectivity index (χ0) is 31.9. The fourth-order valence-corrected chi connectivity index (χ4v) is 9.42. The van der Waals surface area contributed by atoms with Crippen molar-refractivity contribution < 1.29 is 0 Å². The van der Waals surface area contributed by atoms with Crippen LogP contribution in [-0.2, 0) is 0 Å². The standard InChI is InChI=1S/C46H31NSe/c1-3-11-32(12-4-1)33-23-26-40(27-24-33)47(39-16-5-2-6-17-39)41-18-10-15-37(30-41)35-13-9-14-36(29-35)38-22-21-34-25-28-43-42-19-7-8-20-45(42)48-46(43)44(34)31-38/h1-31H. The molecule has 0 aliphatic carbocycles. The number of benzene rings is 8. The van der Waals surface area contributed by atoms with Crippen LogP contribution in [0.1, 0.15) is 0 Å². The van der Waals surface area contributed by atoms with Crippen LogP contribution in [0.15, 0.2) is 188 Å². The van der Waals surface area contributed by atoms with Gasteiger partial charge in [-0.3, -0.25) is 0 Å². The molecule has 9 aromatic rings. The minimum absolute atomic E-state index is 0.318. The zero-order valence-corrected chi connectivity index (χ0v) is 28.0. The molecular weight excluding hydrogens is 645 g/mol. The summed E-state index contributed by atoms with van der Waals surface area (Å²) >= 11 is 0.318. The van der Waals surface area contributed by atoms with E-state index in [1.807, 2.05) is 0 Å². The first-order chi connectivity index (χ1) is 23.8. The third-order valence-electron chi connectivity index (χ3n) is 9.24. The minimum Gasteiger partial charge on any atom is -0.0617 e. The molecule has 2 heteroatoms. The maximum atomic E-state index is 2.41. The number of hydrogen-bond acceptors (Lipinski definition) is 1. The fraction of sp³-hybridized carbons (Fsp3) is 0. The van der Waals surface area contributed by atoms with Gasteiger partial charge >= 0.3 is 192 Å². The smallest absolute Gasteiger partial charge is 0.0374 e. The molecule has 0 spiro atoms. The predicted molar refractivity (Wildman–Crippen MR) is 207 cm³/mol. The molecule has 0 radical (unpaired) electrons. The van der Waals surface area contributed by atoms with Gasteiger partial charge in [-0.15, -0.1) is 0 Å². The van der Waals surface area contributed by atoms with Crippen molar-refractivity contribution >= 4 is 61.6 Å². The quantitative estimate of drug-likeness (QED) is 0.159. The molecule has 0 aliphatic heterocycles. The summed E-state index contributed by atoms with van der Waals surface area (Å²) in [5.74, 6) is 0. The third-order valence-corrected chi connectivity index (χ3v) is 11.8. The summed E-state index contributed by atoms with van der Waals surface area (Å²) in [5, 5.41) is 5.50. The van der Waals surface area contributed by atoms with E-state index in [1.165, 1.54) is 63.4 Å². The average molecular weight is 677 g/mol. The van der Waals surface area contributed by atoms with E-state index in [1.54, 1.807) is 0 Å². The summed E-state index contributed by atoms with van der Waals surface area (Å²) < 4.78 is 2.99. The minimum atomic E-state index is 0.318. The molecule has 0 unspecified atom stereocenters. The maximum Gasteiger partial charge on any atom is -0.0374 e. The van der Waals surface area contributed by atoms with E-state index in [-0.39, 0.29) is 0 Å². The molecule has 48 heavy (non-hydrogen) atoms. The van der Waals surface area contributed by atoms with Crippen molar-refractivity contribution in [2.45, 2.75) is 0 Å². The Labute approximate surface area is 286 Å². The second-order valence-electron chi connectivity index (χ2n) is 12.2. The fourth-order valence-electron chi connectivity index (χ4n) is 6.84. The van der Waals surface area contributed by atoms with Crippen molar-refractivity contribution in [3.63, 3.8) is 0 Å². The van der Waals surface area contributed by atoms with E-state index in [9.17, 15) is 0 Å². The molecule has 0 N–H and O–H groups in total. The molecule has 8 aromatic carbocycles. The molecule has 1 heterocycles. The van der Waals surface area contributed by atoms with Crippen molar-refractivity contribution in [2.24, 2.45) is 0 Å². The van der Waals surface area contributed by atoms with Crippen molar-refractivity contribution in [3.05, 3.63) is 188 Å². The van der Waals surface area contributed by atoms with Crippen LogP contribution >= 0.6 is 0 Å². The van der Waals surface area contributed by atoms with Gasteiger partial charge in [0.1, 0.15) is 0 Å².